The van der Waals surface area contributed by atoms with Crippen LogP contribution in [0.4, 0.5) is 4.79 Å². The van der Waals surface area contributed by atoms with E-state index in [0.717, 1.165) is 5.56 Å². The number of methoxy groups -OCH3 is 1. The maximum absolute atomic E-state index is 14.2. The first-order valence-corrected chi connectivity index (χ1v) is 20.2. The van der Waals surface area contributed by atoms with Crippen molar-refractivity contribution < 1.29 is 42.6 Å². The van der Waals surface area contributed by atoms with Gasteiger partial charge in [-0.3, -0.25) is 19.3 Å². The summed E-state index contributed by atoms with van der Waals surface area (Å²) in [5, 5.41) is 8.09. The number of esters is 1. The molecule has 0 aliphatic carbocycles. The lowest BCUT2D eigenvalue weighted by Crippen LogP contribution is -2.63. The molecule has 0 spiro atoms. The van der Waals surface area contributed by atoms with Gasteiger partial charge in [0.2, 0.25) is 17.7 Å². The summed E-state index contributed by atoms with van der Waals surface area (Å²) in [7, 11) is -1.10. The summed E-state index contributed by atoms with van der Waals surface area (Å²) in [4.78, 5) is 69.1. The highest BCUT2D eigenvalue weighted by atomic mass is 28.4. The number of amides is 4. The molecule has 0 radical (unpaired) electrons. The van der Waals surface area contributed by atoms with Crippen LogP contribution in [0.3, 0.4) is 0 Å². The third kappa shape index (κ3) is 10.8. The van der Waals surface area contributed by atoms with E-state index in [4.69, 9.17) is 18.6 Å². The Balaban J connectivity index is 2.30. The van der Waals surface area contributed by atoms with Crippen molar-refractivity contribution in [2.75, 3.05) is 7.11 Å². The van der Waals surface area contributed by atoms with Crippen molar-refractivity contribution in [1.82, 2.24) is 20.9 Å². The summed E-state index contributed by atoms with van der Waals surface area (Å²) in [5.41, 5.74) is -0.447. The van der Waals surface area contributed by atoms with E-state index >= 15 is 0 Å². The first-order valence-electron chi connectivity index (χ1n) is 17.3. The number of ether oxygens (including phenoxy) is 3. The van der Waals surface area contributed by atoms with Crippen molar-refractivity contribution in [3.63, 3.8) is 0 Å². The highest BCUT2D eigenvalue weighted by Crippen LogP contribution is 2.38. The van der Waals surface area contributed by atoms with Crippen LogP contribution in [0.25, 0.3) is 0 Å². The van der Waals surface area contributed by atoms with Gasteiger partial charge in [0.25, 0.3) is 0 Å². The zero-order valence-corrected chi connectivity index (χ0v) is 33.3. The van der Waals surface area contributed by atoms with Crippen LogP contribution in [0.1, 0.15) is 81.7 Å². The Kier molecular flexibility index (Phi) is 14.6. The molecule has 1 heterocycles. The number of nitrogens with one attached hydrogen (secondary N) is 3. The lowest BCUT2D eigenvalue weighted by molar-refractivity contribution is -0.153. The van der Waals surface area contributed by atoms with Crippen molar-refractivity contribution in [3.8, 4) is 0 Å². The highest BCUT2D eigenvalue weighted by Gasteiger charge is 2.53. The molecule has 2 rings (SSSR count). The van der Waals surface area contributed by atoms with Crippen molar-refractivity contribution >= 4 is 38.1 Å². The van der Waals surface area contributed by atoms with Gasteiger partial charge in [0, 0.05) is 0 Å². The number of benzene rings is 1. The molecular formula is C36H60N4O9Si. The summed E-state index contributed by atoms with van der Waals surface area (Å²) in [5.74, 6) is -3.24. The Labute approximate surface area is 299 Å². The fourth-order valence-corrected chi connectivity index (χ4v) is 7.05. The first-order chi connectivity index (χ1) is 22.9. The minimum atomic E-state index is -2.34. The molecule has 14 heteroatoms. The molecule has 0 saturated carbocycles. The Hall–Kier alpha value is -3.49. The molecule has 1 aromatic carbocycles. The Morgan fingerprint density at radius 3 is 1.96 bits per heavy atom. The molecule has 1 aromatic rings. The average Bonchev–Trinajstić information content (AvgIpc) is 3.26. The Bertz CT molecular complexity index is 1350. The van der Waals surface area contributed by atoms with Gasteiger partial charge in [0.15, 0.2) is 14.4 Å². The smallest absolute Gasteiger partial charge is 0.408 e. The van der Waals surface area contributed by atoms with Gasteiger partial charge in [-0.2, -0.15) is 0 Å². The molecule has 0 aromatic heterocycles. The molecule has 1 fully saturated rings. The number of rotatable bonds is 14. The predicted molar refractivity (Wildman–Crippen MR) is 192 cm³/mol. The van der Waals surface area contributed by atoms with Gasteiger partial charge in [-0.05, 0) is 63.2 Å². The number of carbonyl (C=O) groups excluding carboxylic acids is 5. The molecular weight excluding hydrogens is 661 g/mol. The second-order valence-electron chi connectivity index (χ2n) is 15.7. The minimum absolute atomic E-state index is 0.0166. The van der Waals surface area contributed by atoms with E-state index in [1.807, 2.05) is 43.4 Å². The monoisotopic (exact) mass is 720 g/mol. The first kappa shape index (κ1) is 42.7. The maximum Gasteiger partial charge on any atom is 0.408 e. The Morgan fingerprint density at radius 2 is 1.46 bits per heavy atom. The largest absolute Gasteiger partial charge is 0.467 e. The van der Waals surface area contributed by atoms with Crippen LogP contribution < -0.4 is 16.0 Å². The second kappa shape index (κ2) is 17.1. The zero-order chi connectivity index (χ0) is 38.4. The van der Waals surface area contributed by atoms with Gasteiger partial charge in [0.1, 0.15) is 30.5 Å². The van der Waals surface area contributed by atoms with E-state index in [2.05, 4.69) is 36.7 Å². The fourth-order valence-electron chi connectivity index (χ4n) is 5.63. The summed E-state index contributed by atoms with van der Waals surface area (Å²) in [6.07, 6.45) is -2.26. The van der Waals surface area contributed by atoms with Crippen LogP contribution in [0.5, 0.6) is 0 Å². The second-order valence-corrected chi connectivity index (χ2v) is 20.4. The zero-order valence-electron chi connectivity index (χ0n) is 32.3. The van der Waals surface area contributed by atoms with E-state index in [0.29, 0.717) is 0 Å². The average molecular weight is 721 g/mol. The molecule has 4 amide bonds. The van der Waals surface area contributed by atoms with E-state index < -0.39 is 86.1 Å². The molecule has 0 unspecified atom stereocenters. The van der Waals surface area contributed by atoms with Crippen LogP contribution in [0.15, 0.2) is 30.3 Å². The van der Waals surface area contributed by atoms with Crippen molar-refractivity contribution in [3.05, 3.63) is 35.9 Å². The SMILES string of the molecule is COC(=O)[C@@H](NC(=O)[C@@H](NC(=O)[C@@H]1[C@@H](C)OC(C)(C)N1C(=O)[C@@H](NC(=O)OCc1ccccc1)C(C)C)C(C)C)[C@@H](C)O[Si](C)(C)C(C)(C)C. The van der Waals surface area contributed by atoms with Gasteiger partial charge in [0.05, 0.1) is 19.3 Å². The van der Waals surface area contributed by atoms with Gasteiger partial charge in [-0.25, -0.2) is 9.59 Å². The molecule has 1 saturated heterocycles. The highest BCUT2D eigenvalue weighted by molar-refractivity contribution is 6.74. The molecule has 282 valence electrons. The van der Waals surface area contributed by atoms with Gasteiger partial charge in [-0.1, -0.05) is 78.8 Å². The lowest BCUT2D eigenvalue weighted by Gasteiger charge is -2.40. The third-order valence-electron chi connectivity index (χ3n) is 9.46. The summed E-state index contributed by atoms with van der Waals surface area (Å²) in [6, 6.07) is 4.73. The van der Waals surface area contributed by atoms with Crippen LogP contribution in [0, 0.1) is 11.8 Å². The van der Waals surface area contributed by atoms with E-state index in [1.54, 1.807) is 55.4 Å². The topological polar surface area (TPSA) is 162 Å². The van der Waals surface area contributed by atoms with Crippen LogP contribution >= 0.6 is 0 Å². The summed E-state index contributed by atoms with van der Waals surface area (Å²) >= 11 is 0. The van der Waals surface area contributed by atoms with E-state index in [9.17, 15) is 24.0 Å². The molecule has 0 bridgehead atoms. The Morgan fingerprint density at radius 1 is 0.900 bits per heavy atom. The molecule has 1 aliphatic heterocycles. The summed E-state index contributed by atoms with van der Waals surface area (Å²) < 4.78 is 22.9. The maximum atomic E-state index is 14.2. The normalized spacial score (nSPS) is 20.0. The molecule has 50 heavy (non-hydrogen) atoms. The molecule has 1 aliphatic rings. The summed E-state index contributed by atoms with van der Waals surface area (Å²) in [6.45, 7) is 24.1. The molecule has 6 atom stereocenters. The molecule has 13 nitrogen and oxygen atoms in total. The minimum Gasteiger partial charge on any atom is -0.467 e. The molecule has 3 N–H and O–H groups in total. The van der Waals surface area contributed by atoms with Gasteiger partial charge < -0.3 is 34.6 Å². The van der Waals surface area contributed by atoms with Crippen molar-refractivity contribution in [2.45, 2.75) is 143 Å². The van der Waals surface area contributed by atoms with Crippen LogP contribution in [-0.4, -0.2) is 92.2 Å². The standard InChI is InChI=1S/C36H60N4O9Si/c1-21(2)26(30(41)38-28(33(44)46-12)23(5)49-50(13,14)35(7,8)9)37-31(42)29-24(6)48-36(10,11)40(29)32(43)27(22(3)4)39-34(45)47-20-25-18-16-15-17-19-25/h15-19,21-24,26-29H,20H2,1-14H3,(H,37,42)(H,38,41)(H,39,45)/t23-,24-,26+,27+,28+,29+/m1/s1. The van der Waals surface area contributed by atoms with Crippen molar-refractivity contribution in [1.29, 1.82) is 0 Å². The number of hydrogen-bond donors (Lipinski definition) is 3. The van der Waals surface area contributed by atoms with E-state index in [1.165, 1.54) is 12.0 Å². The number of nitrogens with zero attached hydrogens (tertiary/aromatic N) is 1. The lowest BCUT2D eigenvalue weighted by atomic mass is 9.98. The van der Waals surface area contributed by atoms with Gasteiger partial charge in [-0.15, -0.1) is 0 Å². The quantitative estimate of drug-likeness (QED) is 0.186. The third-order valence-corrected chi connectivity index (χ3v) is 14.0. The van der Waals surface area contributed by atoms with Crippen LogP contribution in [0.2, 0.25) is 18.1 Å². The van der Waals surface area contributed by atoms with Gasteiger partial charge >= 0.3 is 12.1 Å². The predicted octanol–water partition coefficient (Wildman–Crippen LogP) is 4.50. The van der Waals surface area contributed by atoms with Crippen LogP contribution in [-0.2, 0) is 44.4 Å². The number of hydrogen-bond acceptors (Lipinski definition) is 9. The van der Waals surface area contributed by atoms with Crippen molar-refractivity contribution in [2.24, 2.45) is 11.8 Å². The fraction of sp³-hybridized carbons (Fsp3) is 0.694. The number of carbonyl (C=O) groups is 5. The number of alkyl carbamates (subject to hydrolysis) is 1. The van der Waals surface area contributed by atoms with E-state index in [-0.39, 0.29) is 17.6 Å².